The van der Waals surface area contributed by atoms with Crippen LogP contribution in [-0.2, 0) is 11.3 Å². The van der Waals surface area contributed by atoms with Crippen molar-refractivity contribution in [1.82, 2.24) is 20.1 Å². The van der Waals surface area contributed by atoms with Crippen molar-refractivity contribution in [3.63, 3.8) is 0 Å². The Morgan fingerprint density at radius 3 is 2.60 bits per heavy atom. The number of carbonyl (C=O) groups excluding carboxylic acids is 1. The maximum Gasteiger partial charge on any atom is 0.266 e. The number of aryl methyl sites for hydroxylation is 2. The molecule has 7 nitrogen and oxygen atoms in total. The van der Waals surface area contributed by atoms with Crippen molar-refractivity contribution in [1.29, 1.82) is 0 Å². The minimum Gasteiger partial charge on any atom is -0.481 e. The quantitative estimate of drug-likeness (QED) is 0.393. The second kappa shape index (κ2) is 10.7. The molecular weight excluding hydrogens is 460 g/mol. The van der Waals surface area contributed by atoms with Crippen LogP contribution < -0.4 is 15.6 Å². The molecule has 2 heterocycles. The monoisotopic (exact) mass is 488 g/mol. The zero-order chi connectivity index (χ0) is 24.9. The highest BCUT2D eigenvalue weighted by Gasteiger charge is 2.17. The molecule has 8 heteroatoms. The van der Waals surface area contributed by atoms with E-state index in [1.807, 2.05) is 69.3 Å². The SMILES string of the molecule is Cc1cccc(OC(C)C(=O)NCCn2nc(-c3sc(-c4ccccc4)nc3C)ccc2=O)c1C. The number of thiazole rings is 1. The second-order valence-corrected chi connectivity index (χ2v) is 9.33. The Morgan fingerprint density at radius 1 is 1.06 bits per heavy atom. The van der Waals surface area contributed by atoms with Gasteiger partial charge in [0.25, 0.3) is 11.5 Å². The number of hydrogen-bond donors (Lipinski definition) is 1. The fraction of sp³-hybridized carbons (Fsp3) is 0.259. The Bertz CT molecular complexity index is 1400. The molecule has 4 aromatic rings. The molecule has 0 aliphatic heterocycles. The van der Waals surface area contributed by atoms with Gasteiger partial charge in [0.1, 0.15) is 16.5 Å². The summed E-state index contributed by atoms with van der Waals surface area (Å²) in [7, 11) is 0. The van der Waals surface area contributed by atoms with Gasteiger partial charge in [-0.1, -0.05) is 42.5 Å². The van der Waals surface area contributed by atoms with E-state index in [1.54, 1.807) is 24.3 Å². The molecule has 1 N–H and O–H groups in total. The molecule has 0 bridgehead atoms. The molecule has 0 saturated carbocycles. The highest BCUT2D eigenvalue weighted by Crippen LogP contribution is 2.33. The Labute approximate surface area is 208 Å². The van der Waals surface area contributed by atoms with E-state index in [-0.39, 0.29) is 24.6 Å². The number of carbonyl (C=O) groups is 1. The molecule has 0 aliphatic carbocycles. The molecule has 1 amide bonds. The molecule has 1 atom stereocenters. The maximum absolute atomic E-state index is 12.5. The lowest BCUT2D eigenvalue weighted by Crippen LogP contribution is -2.39. The molecular formula is C27H28N4O3S. The van der Waals surface area contributed by atoms with Crippen LogP contribution in [0.3, 0.4) is 0 Å². The van der Waals surface area contributed by atoms with Gasteiger partial charge in [-0.3, -0.25) is 9.59 Å². The first-order valence-corrected chi connectivity index (χ1v) is 12.3. The smallest absolute Gasteiger partial charge is 0.266 e. The standard InChI is InChI=1S/C27H28N4O3S/c1-17-9-8-12-23(18(17)2)34-20(4)26(33)28-15-16-31-24(32)14-13-22(30-31)25-19(3)29-27(35-25)21-10-6-5-7-11-21/h5-14,20H,15-16H2,1-4H3,(H,28,33). The zero-order valence-corrected chi connectivity index (χ0v) is 21.1. The van der Waals surface area contributed by atoms with Crippen molar-refractivity contribution in [2.24, 2.45) is 0 Å². The molecule has 0 aliphatic rings. The average Bonchev–Trinajstić information content (AvgIpc) is 3.25. The van der Waals surface area contributed by atoms with Crippen LogP contribution in [0.1, 0.15) is 23.7 Å². The zero-order valence-electron chi connectivity index (χ0n) is 20.2. The second-order valence-electron chi connectivity index (χ2n) is 8.33. The van der Waals surface area contributed by atoms with Gasteiger partial charge < -0.3 is 10.1 Å². The van der Waals surface area contributed by atoms with Crippen molar-refractivity contribution in [2.45, 2.75) is 40.3 Å². The van der Waals surface area contributed by atoms with Gasteiger partial charge in [-0.2, -0.15) is 5.10 Å². The molecule has 35 heavy (non-hydrogen) atoms. The third-order valence-corrected chi connectivity index (χ3v) is 7.00. The molecule has 2 aromatic carbocycles. The summed E-state index contributed by atoms with van der Waals surface area (Å²) >= 11 is 1.54. The normalized spacial score (nSPS) is 11.8. The molecule has 0 radical (unpaired) electrons. The first kappa shape index (κ1) is 24.3. The van der Waals surface area contributed by atoms with Crippen LogP contribution in [-0.4, -0.2) is 33.3 Å². The van der Waals surface area contributed by atoms with Gasteiger partial charge in [0.15, 0.2) is 6.10 Å². The summed E-state index contributed by atoms with van der Waals surface area (Å²) in [5.74, 6) is 0.439. The van der Waals surface area contributed by atoms with Crippen LogP contribution in [0.5, 0.6) is 5.75 Å². The third kappa shape index (κ3) is 5.66. The summed E-state index contributed by atoms with van der Waals surface area (Å²) in [6, 6.07) is 18.9. The number of aromatic nitrogens is 3. The average molecular weight is 489 g/mol. The van der Waals surface area contributed by atoms with E-state index in [9.17, 15) is 9.59 Å². The number of amides is 1. The topological polar surface area (TPSA) is 86.1 Å². The van der Waals surface area contributed by atoms with Gasteiger partial charge in [0.05, 0.1) is 17.1 Å². The lowest BCUT2D eigenvalue weighted by atomic mass is 10.1. The van der Waals surface area contributed by atoms with Gasteiger partial charge in [-0.15, -0.1) is 11.3 Å². The van der Waals surface area contributed by atoms with E-state index < -0.39 is 6.10 Å². The van der Waals surface area contributed by atoms with Crippen molar-refractivity contribution in [3.8, 4) is 26.9 Å². The van der Waals surface area contributed by atoms with E-state index in [0.29, 0.717) is 11.4 Å². The summed E-state index contributed by atoms with van der Waals surface area (Å²) in [5.41, 5.74) is 4.46. The number of ether oxygens (including phenoxy) is 1. The van der Waals surface area contributed by atoms with Gasteiger partial charge in [-0.05, 0) is 51.0 Å². The van der Waals surface area contributed by atoms with Crippen LogP contribution in [0.2, 0.25) is 0 Å². The summed E-state index contributed by atoms with van der Waals surface area (Å²) in [4.78, 5) is 30.5. The molecule has 4 rings (SSSR count). The van der Waals surface area contributed by atoms with Crippen LogP contribution in [0.4, 0.5) is 0 Å². The number of rotatable bonds is 8. The van der Waals surface area contributed by atoms with Crippen LogP contribution in [0.25, 0.3) is 21.1 Å². The Balaban J connectivity index is 1.41. The third-order valence-electron chi connectivity index (χ3n) is 5.77. The minimum atomic E-state index is -0.664. The largest absolute Gasteiger partial charge is 0.481 e. The highest BCUT2D eigenvalue weighted by atomic mass is 32.1. The number of benzene rings is 2. The molecule has 180 valence electrons. The number of hydrogen-bond acceptors (Lipinski definition) is 6. The summed E-state index contributed by atoms with van der Waals surface area (Å²) < 4.78 is 7.21. The predicted molar refractivity (Wildman–Crippen MR) is 139 cm³/mol. The fourth-order valence-corrected chi connectivity index (χ4v) is 4.63. The van der Waals surface area contributed by atoms with Gasteiger partial charge in [-0.25, -0.2) is 9.67 Å². The summed E-state index contributed by atoms with van der Waals surface area (Å²) in [5, 5.41) is 8.27. The van der Waals surface area contributed by atoms with Crippen molar-refractivity contribution in [3.05, 3.63) is 87.8 Å². The van der Waals surface area contributed by atoms with E-state index in [1.165, 1.54) is 10.7 Å². The van der Waals surface area contributed by atoms with Crippen LogP contribution in [0.15, 0.2) is 65.5 Å². The highest BCUT2D eigenvalue weighted by molar-refractivity contribution is 7.18. The molecule has 0 fully saturated rings. The maximum atomic E-state index is 12.5. The molecule has 0 saturated heterocycles. The molecule has 2 aromatic heterocycles. The Kier molecular flexibility index (Phi) is 7.41. The van der Waals surface area contributed by atoms with E-state index in [2.05, 4.69) is 15.4 Å². The Morgan fingerprint density at radius 2 is 1.83 bits per heavy atom. The van der Waals surface area contributed by atoms with Gasteiger partial charge in [0, 0.05) is 18.2 Å². The van der Waals surface area contributed by atoms with Crippen LogP contribution >= 0.6 is 11.3 Å². The van der Waals surface area contributed by atoms with Crippen LogP contribution in [0, 0.1) is 20.8 Å². The van der Waals surface area contributed by atoms with Gasteiger partial charge in [0.2, 0.25) is 0 Å². The van der Waals surface area contributed by atoms with Crippen molar-refractivity contribution >= 4 is 17.2 Å². The van der Waals surface area contributed by atoms with Gasteiger partial charge >= 0.3 is 0 Å². The fourth-order valence-electron chi connectivity index (χ4n) is 3.59. The summed E-state index contributed by atoms with van der Waals surface area (Å²) in [6.45, 7) is 8.12. The minimum absolute atomic E-state index is 0.229. The number of nitrogens with zero attached hydrogens (tertiary/aromatic N) is 3. The molecule has 1 unspecified atom stereocenters. The predicted octanol–water partition coefficient (Wildman–Crippen LogP) is 4.54. The number of nitrogens with one attached hydrogen (secondary N) is 1. The first-order valence-electron chi connectivity index (χ1n) is 11.5. The van der Waals surface area contributed by atoms with E-state index in [4.69, 9.17) is 4.74 Å². The van der Waals surface area contributed by atoms with Crippen molar-refractivity contribution in [2.75, 3.05) is 6.54 Å². The Hall–Kier alpha value is -3.78. The first-order chi connectivity index (χ1) is 16.8. The lowest BCUT2D eigenvalue weighted by molar-refractivity contribution is -0.127. The lowest BCUT2D eigenvalue weighted by Gasteiger charge is -2.17. The van der Waals surface area contributed by atoms with E-state index in [0.717, 1.165) is 32.3 Å². The molecule has 0 spiro atoms. The van der Waals surface area contributed by atoms with Crippen molar-refractivity contribution < 1.29 is 9.53 Å². The van der Waals surface area contributed by atoms with E-state index >= 15 is 0 Å². The summed E-state index contributed by atoms with van der Waals surface area (Å²) in [6.07, 6.45) is -0.664.